The lowest BCUT2D eigenvalue weighted by molar-refractivity contribution is 0.184. The summed E-state index contributed by atoms with van der Waals surface area (Å²) in [4.78, 5) is 0. The first-order chi connectivity index (χ1) is 6.35. The Morgan fingerprint density at radius 2 is 1.77 bits per heavy atom. The first-order valence-electron chi connectivity index (χ1n) is 4.95. The van der Waals surface area contributed by atoms with Crippen molar-refractivity contribution in [2.45, 2.75) is 39.5 Å². The van der Waals surface area contributed by atoms with Gasteiger partial charge in [-0.1, -0.05) is 26.2 Å². The molecular formula is C9H21O3P. The molecule has 0 spiro atoms. The molecule has 13 heavy (non-hydrogen) atoms. The minimum Gasteiger partial charge on any atom is -0.316 e. The number of hydrogen-bond acceptors (Lipinski definition) is 3. The van der Waals surface area contributed by atoms with Crippen molar-refractivity contribution < 1.29 is 13.6 Å². The van der Waals surface area contributed by atoms with Crippen molar-refractivity contribution in [2.24, 2.45) is 0 Å². The van der Waals surface area contributed by atoms with E-state index in [1.54, 1.807) is 7.11 Å². The third-order valence-corrected chi connectivity index (χ3v) is 2.74. The zero-order chi connectivity index (χ0) is 9.94. The Morgan fingerprint density at radius 3 is 2.31 bits per heavy atom. The van der Waals surface area contributed by atoms with Crippen molar-refractivity contribution in [3.63, 3.8) is 0 Å². The standard InChI is InChI=1S/C9H21O3P/c1-4-6-7-8-9-12-13(10-3)11-5-2/h4-9H2,1-3H3. The highest BCUT2D eigenvalue weighted by Gasteiger charge is 2.07. The molecule has 80 valence electrons. The smallest absolute Gasteiger partial charge is 0.316 e. The van der Waals surface area contributed by atoms with Gasteiger partial charge in [-0.2, -0.15) is 0 Å². The third-order valence-electron chi connectivity index (χ3n) is 1.58. The van der Waals surface area contributed by atoms with Gasteiger partial charge in [0.1, 0.15) is 0 Å². The zero-order valence-electron chi connectivity index (χ0n) is 8.91. The quantitative estimate of drug-likeness (QED) is 0.428. The highest BCUT2D eigenvalue weighted by molar-refractivity contribution is 7.41. The Hall–Kier alpha value is 0.310. The molecule has 0 bridgehead atoms. The van der Waals surface area contributed by atoms with E-state index in [-0.39, 0.29) is 0 Å². The lowest BCUT2D eigenvalue weighted by Crippen LogP contribution is -1.94. The monoisotopic (exact) mass is 208 g/mol. The molecule has 0 aromatic heterocycles. The second-order valence-electron chi connectivity index (χ2n) is 2.72. The van der Waals surface area contributed by atoms with Crippen LogP contribution in [0.5, 0.6) is 0 Å². The lowest BCUT2D eigenvalue weighted by Gasteiger charge is -2.12. The fraction of sp³-hybridized carbons (Fsp3) is 1.00. The molecule has 1 unspecified atom stereocenters. The van der Waals surface area contributed by atoms with Crippen molar-refractivity contribution in [1.29, 1.82) is 0 Å². The summed E-state index contributed by atoms with van der Waals surface area (Å²) in [6, 6.07) is 0. The summed E-state index contributed by atoms with van der Waals surface area (Å²) in [5.41, 5.74) is 0. The highest BCUT2D eigenvalue weighted by Crippen LogP contribution is 2.38. The fourth-order valence-corrected chi connectivity index (χ4v) is 1.69. The van der Waals surface area contributed by atoms with Gasteiger partial charge in [-0.05, 0) is 13.3 Å². The largest absolute Gasteiger partial charge is 0.332 e. The second-order valence-corrected chi connectivity index (χ2v) is 4.05. The molecule has 0 saturated heterocycles. The minimum absolute atomic E-state index is 0.647. The van der Waals surface area contributed by atoms with Crippen LogP contribution in [0.3, 0.4) is 0 Å². The first kappa shape index (κ1) is 13.3. The topological polar surface area (TPSA) is 27.7 Å². The van der Waals surface area contributed by atoms with Crippen LogP contribution in [0.1, 0.15) is 39.5 Å². The van der Waals surface area contributed by atoms with Crippen LogP contribution in [-0.4, -0.2) is 20.3 Å². The Bertz CT molecular complexity index is 101. The van der Waals surface area contributed by atoms with Crippen LogP contribution in [0.2, 0.25) is 0 Å². The van der Waals surface area contributed by atoms with Crippen molar-refractivity contribution in [3.8, 4) is 0 Å². The van der Waals surface area contributed by atoms with E-state index in [9.17, 15) is 0 Å². The third kappa shape index (κ3) is 8.63. The van der Waals surface area contributed by atoms with E-state index in [2.05, 4.69) is 6.92 Å². The Kier molecular flexibility index (Phi) is 10.6. The van der Waals surface area contributed by atoms with Gasteiger partial charge in [-0.3, -0.25) is 0 Å². The summed E-state index contributed by atoms with van der Waals surface area (Å²) in [6.45, 7) is 5.53. The van der Waals surface area contributed by atoms with Crippen LogP contribution in [0, 0.1) is 0 Å². The SMILES string of the molecule is CCCCCCOP(OC)OCC. The minimum atomic E-state index is -1.08. The number of unbranched alkanes of at least 4 members (excludes halogenated alkanes) is 3. The van der Waals surface area contributed by atoms with Crippen molar-refractivity contribution in [1.82, 2.24) is 0 Å². The summed E-state index contributed by atoms with van der Waals surface area (Å²) in [5, 5.41) is 0. The van der Waals surface area contributed by atoms with Crippen LogP contribution < -0.4 is 0 Å². The van der Waals surface area contributed by atoms with Gasteiger partial charge in [0.05, 0.1) is 13.2 Å². The van der Waals surface area contributed by atoms with Gasteiger partial charge in [0.15, 0.2) is 0 Å². The molecule has 0 rings (SSSR count). The Morgan fingerprint density at radius 1 is 1.00 bits per heavy atom. The molecule has 0 aromatic carbocycles. The summed E-state index contributed by atoms with van der Waals surface area (Å²) in [5.74, 6) is 0. The van der Waals surface area contributed by atoms with Gasteiger partial charge in [0.2, 0.25) is 0 Å². The lowest BCUT2D eigenvalue weighted by atomic mass is 10.2. The molecule has 0 aliphatic heterocycles. The molecule has 0 amide bonds. The van der Waals surface area contributed by atoms with Gasteiger partial charge in [0.25, 0.3) is 0 Å². The molecule has 0 aliphatic carbocycles. The van der Waals surface area contributed by atoms with Crippen molar-refractivity contribution in [2.75, 3.05) is 20.3 Å². The summed E-state index contributed by atoms with van der Waals surface area (Å²) in [7, 11) is 0.539. The molecule has 0 heterocycles. The molecule has 0 saturated carbocycles. The second kappa shape index (κ2) is 10.4. The molecule has 0 aliphatic rings. The predicted molar refractivity (Wildman–Crippen MR) is 55.6 cm³/mol. The molecule has 0 fully saturated rings. The van der Waals surface area contributed by atoms with E-state index >= 15 is 0 Å². The van der Waals surface area contributed by atoms with Gasteiger partial charge < -0.3 is 13.6 Å². The number of rotatable bonds is 9. The molecule has 1 atom stereocenters. The predicted octanol–water partition coefficient (Wildman–Crippen LogP) is 3.49. The Balaban J connectivity index is 3.17. The molecule has 3 nitrogen and oxygen atoms in total. The van der Waals surface area contributed by atoms with Crippen molar-refractivity contribution in [3.05, 3.63) is 0 Å². The van der Waals surface area contributed by atoms with Crippen LogP contribution in [0.4, 0.5) is 0 Å². The Labute approximate surface area is 82.8 Å². The molecule has 0 aromatic rings. The van der Waals surface area contributed by atoms with E-state index < -0.39 is 8.60 Å². The average molecular weight is 208 g/mol. The fourth-order valence-electron chi connectivity index (χ4n) is 0.916. The highest BCUT2D eigenvalue weighted by atomic mass is 31.2. The summed E-state index contributed by atoms with van der Waals surface area (Å²) in [6.07, 6.45) is 4.87. The van der Waals surface area contributed by atoms with Crippen molar-refractivity contribution >= 4 is 8.60 Å². The van der Waals surface area contributed by atoms with Gasteiger partial charge in [-0.15, -0.1) is 0 Å². The van der Waals surface area contributed by atoms with E-state index in [1.165, 1.54) is 19.3 Å². The number of hydrogen-bond donors (Lipinski definition) is 0. The summed E-state index contributed by atoms with van der Waals surface area (Å²) >= 11 is 0. The van der Waals surface area contributed by atoms with Crippen LogP contribution in [-0.2, 0) is 13.6 Å². The van der Waals surface area contributed by atoms with E-state index in [1.807, 2.05) is 6.92 Å². The van der Waals surface area contributed by atoms with E-state index in [0.717, 1.165) is 13.0 Å². The van der Waals surface area contributed by atoms with E-state index in [0.29, 0.717) is 6.61 Å². The molecule has 0 N–H and O–H groups in total. The van der Waals surface area contributed by atoms with E-state index in [4.69, 9.17) is 13.6 Å². The molecular weight excluding hydrogens is 187 g/mol. The maximum Gasteiger partial charge on any atom is 0.332 e. The van der Waals surface area contributed by atoms with Crippen LogP contribution in [0.25, 0.3) is 0 Å². The van der Waals surface area contributed by atoms with Gasteiger partial charge >= 0.3 is 8.60 Å². The maximum absolute atomic E-state index is 5.40. The van der Waals surface area contributed by atoms with Gasteiger partial charge in [-0.25, -0.2) is 0 Å². The van der Waals surface area contributed by atoms with Crippen LogP contribution >= 0.6 is 8.60 Å². The normalized spacial score (nSPS) is 13.2. The average Bonchev–Trinajstić information content (AvgIpc) is 2.16. The first-order valence-corrected chi connectivity index (χ1v) is 6.04. The van der Waals surface area contributed by atoms with Crippen LogP contribution in [0.15, 0.2) is 0 Å². The van der Waals surface area contributed by atoms with Gasteiger partial charge in [0, 0.05) is 7.11 Å². The molecule has 4 heteroatoms. The zero-order valence-corrected chi connectivity index (χ0v) is 9.81. The molecule has 0 radical (unpaired) electrons. The maximum atomic E-state index is 5.40. The summed E-state index contributed by atoms with van der Waals surface area (Å²) < 4.78 is 15.6.